The van der Waals surface area contributed by atoms with Crippen LogP contribution in [0.25, 0.3) is 0 Å². The van der Waals surface area contributed by atoms with Crippen LogP contribution in [0.5, 0.6) is 0 Å². The molecule has 2 aromatic heterocycles. The molecule has 2 aromatic rings. The van der Waals surface area contributed by atoms with Crippen molar-refractivity contribution in [2.45, 2.75) is 20.4 Å². The molecule has 0 aliphatic rings. The minimum absolute atomic E-state index is 0.222. The predicted molar refractivity (Wildman–Crippen MR) is 66.1 cm³/mol. The second kappa shape index (κ2) is 4.87. The van der Waals surface area contributed by atoms with Crippen LogP contribution in [0, 0.1) is 13.8 Å². The number of pyridine rings is 1. The highest BCUT2D eigenvalue weighted by Gasteiger charge is 2.06. The van der Waals surface area contributed by atoms with Gasteiger partial charge in [-0.2, -0.15) is 0 Å². The topological polar surface area (TPSA) is 94.0 Å². The lowest BCUT2D eigenvalue weighted by Gasteiger charge is -2.04. The van der Waals surface area contributed by atoms with Crippen molar-refractivity contribution in [3.63, 3.8) is 0 Å². The molecule has 0 fully saturated rings. The third-order valence-corrected chi connectivity index (χ3v) is 2.53. The number of rotatable bonds is 4. The minimum atomic E-state index is -0.554. The van der Waals surface area contributed by atoms with Gasteiger partial charge in [-0.1, -0.05) is 0 Å². The molecule has 6 heteroatoms. The first-order valence-corrected chi connectivity index (χ1v) is 5.49. The largest absolute Gasteiger partial charge is 0.444 e. The SMILES string of the molecule is Cc1nc(CNc2ccnc(C(N)=O)c2)oc1C. The molecule has 0 bridgehead atoms. The molecule has 2 heterocycles. The zero-order valence-corrected chi connectivity index (χ0v) is 10.2. The molecule has 0 saturated heterocycles. The normalized spacial score (nSPS) is 10.3. The van der Waals surface area contributed by atoms with E-state index in [0.29, 0.717) is 12.4 Å². The Morgan fingerprint density at radius 2 is 2.28 bits per heavy atom. The molecule has 0 saturated carbocycles. The number of carbonyl (C=O) groups is 1. The number of nitrogens with zero attached hydrogens (tertiary/aromatic N) is 2. The Balaban J connectivity index is 2.06. The zero-order chi connectivity index (χ0) is 13.1. The van der Waals surface area contributed by atoms with E-state index < -0.39 is 5.91 Å². The van der Waals surface area contributed by atoms with E-state index in [9.17, 15) is 4.79 Å². The summed E-state index contributed by atoms with van der Waals surface area (Å²) in [7, 11) is 0. The highest BCUT2D eigenvalue weighted by molar-refractivity contribution is 5.91. The second-order valence-electron chi connectivity index (χ2n) is 3.90. The lowest BCUT2D eigenvalue weighted by atomic mass is 10.3. The molecule has 1 amide bonds. The van der Waals surface area contributed by atoms with Crippen LogP contribution < -0.4 is 11.1 Å². The first-order valence-electron chi connectivity index (χ1n) is 5.49. The molecule has 6 nitrogen and oxygen atoms in total. The van der Waals surface area contributed by atoms with Crippen LogP contribution in [-0.4, -0.2) is 15.9 Å². The van der Waals surface area contributed by atoms with E-state index in [2.05, 4.69) is 15.3 Å². The van der Waals surface area contributed by atoms with Gasteiger partial charge in [0.15, 0.2) is 0 Å². The summed E-state index contributed by atoms with van der Waals surface area (Å²) in [6.45, 7) is 4.19. The van der Waals surface area contributed by atoms with Gasteiger partial charge in [-0.25, -0.2) is 4.98 Å². The van der Waals surface area contributed by atoms with E-state index in [1.54, 1.807) is 12.1 Å². The van der Waals surface area contributed by atoms with Gasteiger partial charge in [-0.15, -0.1) is 0 Å². The molecule has 0 aliphatic heterocycles. The fourth-order valence-electron chi connectivity index (χ4n) is 1.47. The summed E-state index contributed by atoms with van der Waals surface area (Å²) >= 11 is 0. The van der Waals surface area contributed by atoms with Crippen molar-refractivity contribution in [1.82, 2.24) is 9.97 Å². The van der Waals surface area contributed by atoms with Crippen LogP contribution >= 0.6 is 0 Å². The summed E-state index contributed by atoms with van der Waals surface area (Å²) in [6, 6.07) is 3.33. The number of anilines is 1. The van der Waals surface area contributed by atoms with Crippen molar-refractivity contribution in [2.24, 2.45) is 5.73 Å². The van der Waals surface area contributed by atoms with Crippen LogP contribution in [0.1, 0.15) is 27.8 Å². The van der Waals surface area contributed by atoms with Gasteiger partial charge in [0.2, 0.25) is 5.89 Å². The number of nitrogens with two attached hydrogens (primary N) is 1. The summed E-state index contributed by atoms with van der Waals surface area (Å²) < 4.78 is 5.43. The Labute approximate surface area is 104 Å². The Hall–Kier alpha value is -2.37. The summed E-state index contributed by atoms with van der Waals surface area (Å²) in [5.74, 6) is 0.850. The van der Waals surface area contributed by atoms with Crippen molar-refractivity contribution in [2.75, 3.05) is 5.32 Å². The van der Waals surface area contributed by atoms with Gasteiger partial charge in [0.05, 0.1) is 12.2 Å². The van der Waals surface area contributed by atoms with Crippen molar-refractivity contribution in [1.29, 1.82) is 0 Å². The fraction of sp³-hybridized carbons (Fsp3) is 0.250. The molecule has 0 radical (unpaired) electrons. The van der Waals surface area contributed by atoms with Crippen LogP contribution in [-0.2, 0) is 6.54 Å². The van der Waals surface area contributed by atoms with E-state index in [1.165, 1.54) is 6.20 Å². The third kappa shape index (κ3) is 2.65. The number of hydrogen-bond donors (Lipinski definition) is 2. The molecule has 94 valence electrons. The quantitative estimate of drug-likeness (QED) is 0.850. The summed E-state index contributed by atoms with van der Waals surface area (Å²) in [4.78, 5) is 19.1. The number of primary amides is 1. The predicted octanol–water partition coefficient (Wildman–Crippen LogP) is 1.40. The van der Waals surface area contributed by atoms with E-state index in [4.69, 9.17) is 10.2 Å². The lowest BCUT2D eigenvalue weighted by Crippen LogP contribution is -2.13. The third-order valence-electron chi connectivity index (χ3n) is 2.53. The number of amides is 1. The van der Waals surface area contributed by atoms with Crippen LogP contribution in [0.4, 0.5) is 5.69 Å². The Kier molecular flexibility index (Phi) is 3.27. The molecule has 2 rings (SSSR count). The van der Waals surface area contributed by atoms with Crippen molar-refractivity contribution >= 4 is 11.6 Å². The number of carbonyl (C=O) groups excluding carboxylic acids is 1. The van der Waals surface area contributed by atoms with Gasteiger partial charge in [0.1, 0.15) is 11.5 Å². The van der Waals surface area contributed by atoms with E-state index >= 15 is 0 Å². The summed E-state index contributed by atoms with van der Waals surface area (Å²) in [5.41, 5.74) is 6.99. The van der Waals surface area contributed by atoms with Gasteiger partial charge >= 0.3 is 0 Å². The zero-order valence-electron chi connectivity index (χ0n) is 10.2. The van der Waals surface area contributed by atoms with Crippen LogP contribution in [0.2, 0.25) is 0 Å². The molecule has 0 aromatic carbocycles. The van der Waals surface area contributed by atoms with Crippen molar-refractivity contribution in [3.8, 4) is 0 Å². The standard InChI is InChI=1S/C12H14N4O2/c1-7-8(2)18-11(16-7)6-15-9-3-4-14-10(5-9)12(13)17/h3-5H,6H2,1-2H3,(H2,13,17)(H,14,15). The van der Waals surface area contributed by atoms with E-state index in [0.717, 1.165) is 17.1 Å². The monoisotopic (exact) mass is 246 g/mol. The van der Waals surface area contributed by atoms with Crippen LogP contribution in [0.15, 0.2) is 22.7 Å². The van der Waals surface area contributed by atoms with Crippen molar-refractivity contribution in [3.05, 3.63) is 41.4 Å². The lowest BCUT2D eigenvalue weighted by molar-refractivity contribution is 0.0995. The van der Waals surface area contributed by atoms with Gasteiger partial charge < -0.3 is 15.5 Å². The number of aromatic nitrogens is 2. The maximum atomic E-state index is 11.0. The Bertz CT molecular complexity index is 558. The first-order chi connectivity index (χ1) is 8.56. The molecule has 0 unspecified atom stereocenters. The van der Waals surface area contributed by atoms with Gasteiger partial charge in [-0.05, 0) is 26.0 Å². The highest BCUT2D eigenvalue weighted by atomic mass is 16.4. The molecule has 3 N–H and O–H groups in total. The molecular weight excluding hydrogens is 232 g/mol. The van der Waals surface area contributed by atoms with E-state index in [-0.39, 0.29) is 5.69 Å². The average Bonchev–Trinajstić information content (AvgIpc) is 2.67. The highest BCUT2D eigenvalue weighted by Crippen LogP contribution is 2.12. The maximum Gasteiger partial charge on any atom is 0.267 e. The number of nitrogens with one attached hydrogen (secondary N) is 1. The van der Waals surface area contributed by atoms with E-state index in [1.807, 2.05) is 13.8 Å². The van der Waals surface area contributed by atoms with Gasteiger partial charge in [0.25, 0.3) is 5.91 Å². The Morgan fingerprint density at radius 1 is 1.50 bits per heavy atom. The second-order valence-corrected chi connectivity index (χ2v) is 3.90. The summed E-state index contributed by atoms with van der Waals surface area (Å²) in [6.07, 6.45) is 1.52. The molecule has 0 spiro atoms. The number of hydrogen-bond acceptors (Lipinski definition) is 5. The molecule has 0 aliphatic carbocycles. The smallest absolute Gasteiger partial charge is 0.267 e. The van der Waals surface area contributed by atoms with Gasteiger partial charge in [-0.3, -0.25) is 9.78 Å². The molecule has 0 atom stereocenters. The number of oxazole rings is 1. The minimum Gasteiger partial charge on any atom is -0.444 e. The number of aryl methyl sites for hydroxylation is 2. The average molecular weight is 246 g/mol. The molecular formula is C12H14N4O2. The van der Waals surface area contributed by atoms with Gasteiger partial charge in [0, 0.05) is 11.9 Å². The molecule has 18 heavy (non-hydrogen) atoms. The fourth-order valence-corrected chi connectivity index (χ4v) is 1.47. The van der Waals surface area contributed by atoms with Crippen LogP contribution in [0.3, 0.4) is 0 Å². The Morgan fingerprint density at radius 3 is 2.89 bits per heavy atom. The van der Waals surface area contributed by atoms with Crippen molar-refractivity contribution < 1.29 is 9.21 Å². The summed E-state index contributed by atoms with van der Waals surface area (Å²) in [5, 5.41) is 3.09. The maximum absolute atomic E-state index is 11.0. The first kappa shape index (κ1) is 12.1.